The molecule has 1 atom stereocenters. The molecule has 1 heterocycles. The quantitative estimate of drug-likeness (QED) is 0.584. The highest BCUT2D eigenvalue weighted by Gasteiger charge is 2.19. The summed E-state index contributed by atoms with van der Waals surface area (Å²) in [5, 5.41) is 2.92. The number of carbonyl (C=O) groups excluding carboxylic acids is 2. The molecule has 4 rings (SSSR count). The molecule has 3 aromatic rings. The Kier molecular flexibility index (Phi) is 6.40. The second-order valence-electron chi connectivity index (χ2n) is 7.81. The lowest BCUT2D eigenvalue weighted by molar-refractivity contribution is -0.131. The number of anilines is 1. The molecule has 32 heavy (non-hydrogen) atoms. The van der Waals surface area contributed by atoms with Crippen LogP contribution >= 0.6 is 0 Å². The molecule has 164 valence electrons. The van der Waals surface area contributed by atoms with Crippen molar-refractivity contribution in [1.29, 1.82) is 0 Å². The standard InChI is InChI=1S/C26H26N2O4/c1-18(21-9-6-10-22(16-21)27-26(30)20-7-4-3-5-8-20)28(2)25(29)14-12-19-11-13-23-24(15-19)32-17-31-23/h3-11,13,15-16,18H,12,14,17H2,1-2H3,(H,27,30). The van der Waals surface area contributed by atoms with Gasteiger partial charge in [-0.3, -0.25) is 9.59 Å². The molecule has 0 aliphatic carbocycles. The molecule has 6 heteroatoms. The van der Waals surface area contributed by atoms with E-state index in [4.69, 9.17) is 9.47 Å². The Balaban J connectivity index is 1.36. The normalized spacial score (nSPS) is 12.8. The summed E-state index contributed by atoms with van der Waals surface area (Å²) in [6.07, 6.45) is 1.02. The zero-order valence-electron chi connectivity index (χ0n) is 18.2. The molecule has 1 unspecified atom stereocenters. The van der Waals surface area contributed by atoms with Crippen molar-refractivity contribution in [2.45, 2.75) is 25.8 Å². The Morgan fingerprint density at radius 2 is 1.75 bits per heavy atom. The van der Waals surface area contributed by atoms with Crippen molar-refractivity contribution in [2.75, 3.05) is 19.2 Å². The molecule has 0 saturated carbocycles. The number of nitrogens with zero attached hydrogens (tertiary/aromatic N) is 1. The van der Waals surface area contributed by atoms with Gasteiger partial charge in [0.1, 0.15) is 0 Å². The van der Waals surface area contributed by atoms with Crippen LogP contribution in [0.1, 0.15) is 40.9 Å². The predicted octanol–water partition coefficient (Wildman–Crippen LogP) is 4.82. The third kappa shape index (κ3) is 4.91. The molecule has 0 bridgehead atoms. The van der Waals surface area contributed by atoms with Crippen LogP contribution in [0.25, 0.3) is 0 Å². The van der Waals surface area contributed by atoms with Crippen molar-refractivity contribution in [3.05, 3.63) is 89.5 Å². The first-order chi connectivity index (χ1) is 15.5. The Bertz CT molecular complexity index is 1110. The lowest BCUT2D eigenvalue weighted by Gasteiger charge is -2.26. The van der Waals surface area contributed by atoms with Crippen LogP contribution in [-0.2, 0) is 11.2 Å². The number of fused-ring (bicyclic) bond motifs is 1. The number of carbonyl (C=O) groups is 2. The average molecular weight is 431 g/mol. The molecule has 0 fully saturated rings. The van der Waals surface area contributed by atoms with E-state index in [-0.39, 0.29) is 24.6 Å². The minimum absolute atomic E-state index is 0.0499. The minimum atomic E-state index is -0.163. The third-order valence-electron chi connectivity index (χ3n) is 5.70. The van der Waals surface area contributed by atoms with Gasteiger partial charge in [-0.25, -0.2) is 0 Å². The molecule has 0 radical (unpaired) electrons. The number of aryl methyl sites for hydroxylation is 1. The zero-order chi connectivity index (χ0) is 22.5. The molecule has 0 spiro atoms. The highest BCUT2D eigenvalue weighted by molar-refractivity contribution is 6.04. The van der Waals surface area contributed by atoms with Crippen LogP contribution in [0.2, 0.25) is 0 Å². The Labute approximate surface area is 187 Å². The van der Waals surface area contributed by atoms with Gasteiger partial charge in [0, 0.05) is 24.7 Å². The fourth-order valence-electron chi connectivity index (χ4n) is 3.63. The van der Waals surface area contributed by atoms with Crippen molar-refractivity contribution in [2.24, 2.45) is 0 Å². The molecular weight excluding hydrogens is 404 g/mol. The summed E-state index contributed by atoms with van der Waals surface area (Å²) in [6.45, 7) is 2.22. The number of ether oxygens (including phenoxy) is 2. The van der Waals surface area contributed by atoms with Gasteiger partial charge in [-0.05, 0) is 60.9 Å². The molecule has 1 aliphatic rings. The topological polar surface area (TPSA) is 67.9 Å². The summed E-state index contributed by atoms with van der Waals surface area (Å²) >= 11 is 0. The smallest absolute Gasteiger partial charge is 0.255 e. The number of hydrogen-bond acceptors (Lipinski definition) is 4. The third-order valence-corrected chi connectivity index (χ3v) is 5.70. The molecule has 1 aliphatic heterocycles. The van der Waals surface area contributed by atoms with Gasteiger partial charge in [-0.1, -0.05) is 36.4 Å². The summed E-state index contributed by atoms with van der Waals surface area (Å²) in [6, 6.07) is 22.3. The number of rotatable bonds is 7. The van der Waals surface area contributed by atoms with Crippen LogP contribution in [0.5, 0.6) is 11.5 Å². The number of amides is 2. The Hall–Kier alpha value is -3.80. The van der Waals surface area contributed by atoms with Gasteiger partial charge in [0.05, 0.1) is 6.04 Å². The van der Waals surface area contributed by atoms with E-state index in [9.17, 15) is 9.59 Å². The van der Waals surface area contributed by atoms with Crippen molar-refractivity contribution >= 4 is 17.5 Å². The van der Waals surface area contributed by atoms with Crippen LogP contribution in [-0.4, -0.2) is 30.6 Å². The minimum Gasteiger partial charge on any atom is -0.454 e. The van der Waals surface area contributed by atoms with Crippen LogP contribution in [0.15, 0.2) is 72.8 Å². The maximum absolute atomic E-state index is 12.8. The van der Waals surface area contributed by atoms with Crippen molar-refractivity contribution in [3.8, 4) is 11.5 Å². The summed E-state index contributed by atoms with van der Waals surface area (Å²) in [5.74, 6) is 1.36. The molecule has 1 N–H and O–H groups in total. The highest BCUT2D eigenvalue weighted by atomic mass is 16.7. The van der Waals surface area contributed by atoms with Crippen molar-refractivity contribution in [1.82, 2.24) is 4.90 Å². The van der Waals surface area contributed by atoms with E-state index >= 15 is 0 Å². The lowest BCUT2D eigenvalue weighted by atomic mass is 10.0. The predicted molar refractivity (Wildman–Crippen MR) is 123 cm³/mol. The van der Waals surface area contributed by atoms with E-state index in [1.54, 1.807) is 17.0 Å². The van der Waals surface area contributed by atoms with Gasteiger partial charge in [-0.15, -0.1) is 0 Å². The summed E-state index contributed by atoms with van der Waals surface area (Å²) in [5.41, 5.74) is 3.29. The van der Waals surface area contributed by atoms with Gasteiger partial charge in [0.25, 0.3) is 5.91 Å². The number of benzene rings is 3. The molecule has 3 aromatic carbocycles. The number of hydrogen-bond donors (Lipinski definition) is 1. The average Bonchev–Trinajstić information content (AvgIpc) is 3.30. The van der Waals surface area contributed by atoms with E-state index in [2.05, 4.69) is 5.32 Å². The van der Waals surface area contributed by atoms with Crippen LogP contribution in [0.3, 0.4) is 0 Å². The van der Waals surface area contributed by atoms with Gasteiger partial charge in [0.2, 0.25) is 12.7 Å². The molecule has 0 aromatic heterocycles. The Morgan fingerprint density at radius 3 is 2.56 bits per heavy atom. The van der Waals surface area contributed by atoms with Crippen molar-refractivity contribution in [3.63, 3.8) is 0 Å². The molecule has 0 saturated heterocycles. The largest absolute Gasteiger partial charge is 0.454 e. The van der Waals surface area contributed by atoms with Crippen LogP contribution in [0, 0.1) is 0 Å². The monoisotopic (exact) mass is 430 g/mol. The van der Waals surface area contributed by atoms with Gasteiger partial charge < -0.3 is 19.7 Å². The molecular formula is C26H26N2O4. The van der Waals surface area contributed by atoms with Crippen LogP contribution in [0.4, 0.5) is 5.69 Å². The zero-order valence-corrected chi connectivity index (χ0v) is 18.2. The summed E-state index contributed by atoms with van der Waals surface area (Å²) in [7, 11) is 1.81. The fraction of sp³-hybridized carbons (Fsp3) is 0.231. The summed E-state index contributed by atoms with van der Waals surface area (Å²) < 4.78 is 10.7. The van der Waals surface area contributed by atoms with Gasteiger partial charge in [0.15, 0.2) is 11.5 Å². The maximum Gasteiger partial charge on any atom is 0.255 e. The first-order valence-corrected chi connectivity index (χ1v) is 10.6. The van der Waals surface area contributed by atoms with Gasteiger partial charge in [-0.2, -0.15) is 0 Å². The second kappa shape index (κ2) is 9.56. The van der Waals surface area contributed by atoms with E-state index in [1.807, 2.05) is 74.6 Å². The van der Waals surface area contributed by atoms with Crippen molar-refractivity contribution < 1.29 is 19.1 Å². The first kappa shape index (κ1) is 21.4. The second-order valence-corrected chi connectivity index (χ2v) is 7.81. The summed E-state index contributed by atoms with van der Waals surface area (Å²) in [4.78, 5) is 27.0. The van der Waals surface area contributed by atoms with E-state index in [1.165, 1.54) is 0 Å². The number of nitrogens with one attached hydrogen (secondary N) is 1. The fourth-order valence-corrected chi connectivity index (χ4v) is 3.63. The Morgan fingerprint density at radius 1 is 0.969 bits per heavy atom. The highest BCUT2D eigenvalue weighted by Crippen LogP contribution is 2.33. The first-order valence-electron chi connectivity index (χ1n) is 10.6. The van der Waals surface area contributed by atoms with E-state index in [0.717, 1.165) is 22.6 Å². The van der Waals surface area contributed by atoms with E-state index < -0.39 is 0 Å². The van der Waals surface area contributed by atoms with E-state index in [0.29, 0.717) is 24.1 Å². The lowest BCUT2D eigenvalue weighted by Crippen LogP contribution is -2.29. The van der Waals surface area contributed by atoms with Gasteiger partial charge >= 0.3 is 0 Å². The maximum atomic E-state index is 12.8. The molecule has 2 amide bonds. The molecule has 6 nitrogen and oxygen atoms in total. The van der Waals surface area contributed by atoms with Crippen LogP contribution < -0.4 is 14.8 Å². The SMILES string of the molecule is CC(c1cccc(NC(=O)c2ccccc2)c1)N(C)C(=O)CCc1ccc2c(c1)OCO2.